The summed E-state index contributed by atoms with van der Waals surface area (Å²) in [5, 5.41) is 3.00. The van der Waals surface area contributed by atoms with Crippen molar-refractivity contribution in [2.75, 3.05) is 6.61 Å². The van der Waals surface area contributed by atoms with Crippen LogP contribution in [0, 0.1) is 5.82 Å². The molecule has 0 fully saturated rings. The third-order valence-electron chi connectivity index (χ3n) is 3.21. The number of thiocarbonyl (C=S) groups is 1. The van der Waals surface area contributed by atoms with E-state index < -0.39 is 5.97 Å². The molecule has 7 heteroatoms. The molecule has 108 valence electrons. The van der Waals surface area contributed by atoms with E-state index in [1.54, 1.807) is 17.6 Å². The molecule has 1 aliphatic heterocycles. The monoisotopic (exact) mass is 305 g/mol. The van der Waals surface area contributed by atoms with Crippen LogP contribution in [0.5, 0.6) is 0 Å². The molecule has 0 saturated heterocycles. The van der Waals surface area contributed by atoms with Crippen LogP contribution in [0.25, 0.3) is 5.69 Å². The molecule has 0 saturated carbocycles. The van der Waals surface area contributed by atoms with Gasteiger partial charge in [0.2, 0.25) is 0 Å². The molecule has 21 heavy (non-hydrogen) atoms. The Morgan fingerprint density at radius 1 is 1.57 bits per heavy atom. The minimum absolute atomic E-state index is 0.240. The van der Waals surface area contributed by atoms with Gasteiger partial charge < -0.3 is 10.1 Å². The number of fused-ring (bicyclic) bond motifs is 3. The molecule has 0 unspecified atom stereocenters. The molecule has 1 N–H and O–H groups in total. The van der Waals surface area contributed by atoms with Gasteiger partial charge in [0.1, 0.15) is 17.1 Å². The van der Waals surface area contributed by atoms with Gasteiger partial charge in [0.15, 0.2) is 5.69 Å². The number of imidazole rings is 1. The highest BCUT2D eigenvalue weighted by molar-refractivity contribution is 7.80. The Kier molecular flexibility index (Phi) is 3.42. The van der Waals surface area contributed by atoms with Gasteiger partial charge in [-0.15, -0.1) is 0 Å². The lowest BCUT2D eigenvalue weighted by atomic mass is 10.1. The number of halogens is 1. The van der Waals surface area contributed by atoms with Crippen LogP contribution in [0.15, 0.2) is 24.5 Å². The summed E-state index contributed by atoms with van der Waals surface area (Å²) >= 11 is 5.25. The summed E-state index contributed by atoms with van der Waals surface area (Å²) in [5.74, 6) is -0.850. The third-order valence-corrected chi connectivity index (χ3v) is 3.58. The minimum Gasteiger partial charge on any atom is -0.461 e. The van der Waals surface area contributed by atoms with Crippen molar-refractivity contribution >= 4 is 23.2 Å². The van der Waals surface area contributed by atoms with Crippen LogP contribution >= 0.6 is 12.2 Å². The molecular weight excluding hydrogens is 293 g/mol. The van der Waals surface area contributed by atoms with Crippen molar-refractivity contribution in [2.45, 2.75) is 13.5 Å². The topological polar surface area (TPSA) is 56.1 Å². The number of carbonyl (C=O) groups excluding carboxylic acids is 1. The smallest absolute Gasteiger partial charge is 0.358 e. The van der Waals surface area contributed by atoms with Crippen LogP contribution in [0.1, 0.15) is 28.7 Å². The van der Waals surface area contributed by atoms with Crippen molar-refractivity contribution in [2.24, 2.45) is 0 Å². The zero-order valence-corrected chi connectivity index (χ0v) is 12.0. The molecule has 0 amide bonds. The van der Waals surface area contributed by atoms with Gasteiger partial charge in [0.25, 0.3) is 0 Å². The molecule has 0 bridgehead atoms. The predicted octanol–water partition coefficient (Wildman–Crippen LogP) is 1.97. The molecule has 2 heterocycles. The first kappa shape index (κ1) is 13.7. The standard InChI is InChI=1S/C14H12FN3O2S/c1-2-20-14(19)12-11-6-16-13(21)9-5-8(15)3-4-10(9)18(11)7-17-12/h3-5,7H,2,6H2,1H3,(H,16,21). The largest absolute Gasteiger partial charge is 0.461 e. The number of esters is 1. The highest BCUT2D eigenvalue weighted by Gasteiger charge is 2.24. The maximum absolute atomic E-state index is 13.4. The molecule has 1 aromatic carbocycles. The number of ether oxygens (including phenoxy) is 1. The molecule has 0 aliphatic carbocycles. The van der Waals surface area contributed by atoms with Crippen molar-refractivity contribution in [1.82, 2.24) is 14.9 Å². The molecule has 2 aromatic rings. The number of hydrogen-bond donors (Lipinski definition) is 1. The van der Waals surface area contributed by atoms with Crippen molar-refractivity contribution < 1.29 is 13.9 Å². The van der Waals surface area contributed by atoms with Gasteiger partial charge in [0.05, 0.1) is 24.5 Å². The summed E-state index contributed by atoms with van der Waals surface area (Å²) in [6, 6.07) is 4.33. The number of benzene rings is 1. The van der Waals surface area contributed by atoms with E-state index in [0.29, 0.717) is 28.5 Å². The molecule has 1 aliphatic rings. The van der Waals surface area contributed by atoms with Gasteiger partial charge in [-0.3, -0.25) is 4.57 Å². The Hall–Kier alpha value is -2.28. The molecule has 0 radical (unpaired) electrons. The fraction of sp³-hybridized carbons (Fsp3) is 0.214. The summed E-state index contributed by atoms with van der Waals surface area (Å²) < 4.78 is 20.1. The number of carbonyl (C=O) groups is 1. The van der Waals surface area contributed by atoms with Crippen LogP contribution in [-0.2, 0) is 11.3 Å². The lowest BCUT2D eigenvalue weighted by Gasteiger charge is -2.08. The maximum atomic E-state index is 13.4. The van der Waals surface area contributed by atoms with Crippen LogP contribution in [-0.4, -0.2) is 27.1 Å². The first-order valence-corrected chi connectivity index (χ1v) is 6.84. The highest BCUT2D eigenvalue weighted by Crippen LogP contribution is 2.24. The number of hydrogen-bond acceptors (Lipinski definition) is 4. The van der Waals surface area contributed by atoms with Crippen LogP contribution in [0.4, 0.5) is 4.39 Å². The highest BCUT2D eigenvalue weighted by atomic mass is 32.1. The van der Waals surface area contributed by atoms with Gasteiger partial charge in [0, 0.05) is 5.56 Å². The number of rotatable bonds is 2. The van der Waals surface area contributed by atoms with E-state index in [2.05, 4.69) is 10.3 Å². The normalized spacial score (nSPS) is 13.0. The third kappa shape index (κ3) is 2.29. The SMILES string of the molecule is CCOC(=O)c1ncn2c1CNC(=S)c1cc(F)ccc1-2. The Labute approximate surface area is 125 Å². The van der Waals surface area contributed by atoms with E-state index in [0.717, 1.165) is 0 Å². The van der Waals surface area contributed by atoms with Gasteiger partial charge in [-0.1, -0.05) is 12.2 Å². The van der Waals surface area contributed by atoms with Crippen molar-refractivity contribution in [3.63, 3.8) is 0 Å². The quantitative estimate of drug-likeness (QED) is 0.679. The zero-order valence-electron chi connectivity index (χ0n) is 11.2. The molecule has 0 atom stereocenters. The molecule has 5 nitrogen and oxygen atoms in total. The number of nitrogens with one attached hydrogen (secondary N) is 1. The fourth-order valence-electron chi connectivity index (χ4n) is 2.28. The minimum atomic E-state index is -0.482. The van der Waals surface area contributed by atoms with Crippen molar-refractivity contribution in [1.29, 1.82) is 0 Å². The Bertz CT molecular complexity index is 742. The summed E-state index contributed by atoms with van der Waals surface area (Å²) in [4.78, 5) is 16.5. The summed E-state index contributed by atoms with van der Waals surface area (Å²) in [5.41, 5.74) is 2.13. The molecule has 3 rings (SSSR count). The maximum Gasteiger partial charge on any atom is 0.358 e. The lowest BCUT2D eigenvalue weighted by Crippen LogP contribution is -2.21. The number of aromatic nitrogens is 2. The Morgan fingerprint density at radius 2 is 2.38 bits per heavy atom. The first-order valence-electron chi connectivity index (χ1n) is 6.43. The van der Waals surface area contributed by atoms with Crippen molar-refractivity contribution in [3.05, 3.63) is 47.3 Å². The van der Waals surface area contributed by atoms with E-state index in [-0.39, 0.29) is 18.1 Å². The molecular formula is C14H12FN3O2S. The summed E-state index contributed by atoms with van der Waals surface area (Å²) in [6.45, 7) is 2.33. The number of nitrogens with zero attached hydrogens (tertiary/aromatic N) is 2. The Balaban J connectivity index is 2.15. The predicted molar refractivity (Wildman–Crippen MR) is 78.0 cm³/mol. The summed E-state index contributed by atoms with van der Waals surface area (Å²) in [7, 11) is 0. The van der Waals surface area contributed by atoms with E-state index in [1.807, 2.05) is 0 Å². The summed E-state index contributed by atoms with van der Waals surface area (Å²) in [6.07, 6.45) is 1.52. The second-order valence-electron chi connectivity index (χ2n) is 4.47. The zero-order chi connectivity index (χ0) is 15.0. The van der Waals surface area contributed by atoms with E-state index in [4.69, 9.17) is 17.0 Å². The van der Waals surface area contributed by atoms with E-state index >= 15 is 0 Å². The Morgan fingerprint density at radius 3 is 3.14 bits per heavy atom. The van der Waals surface area contributed by atoms with Gasteiger partial charge in [-0.25, -0.2) is 14.2 Å². The molecule has 1 aromatic heterocycles. The second kappa shape index (κ2) is 5.25. The van der Waals surface area contributed by atoms with Gasteiger partial charge in [-0.05, 0) is 25.1 Å². The first-order chi connectivity index (χ1) is 10.1. The average Bonchev–Trinajstić information content (AvgIpc) is 2.83. The van der Waals surface area contributed by atoms with Gasteiger partial charge >= 0.3 is 5.97 Å². The second-order valence-corrected chi connectivity index (χ2v) is 4.88. The lowest BCUT2D eigenvalue weighted by molar-refractivity contribution is 0.0518. The van der Waals surface area contributed by atoms with Crippen LogP contribution in [0.3, 0.4) is 0 Å². The van der Waals surface area contributed by atoms with Crippen molar-refractivity contribution in [3.8, 4) is 5.69 Å². The van der Waals surface area contributed by atoms with E-state index in [9.17, 15) is 9.18 Å². The fourth-order valence-corrected chi connectivity index (χ4v) is 2.52. The average molecular weight is 305 g/mol. The van der Waals surface area contributed by atoms with Gasteiger partial charge in [-0.2, -0.15) is 0 Å². The molecule has 0 spiro atoms. The van der Waals surface area contributed by atoms with E-state index in [1.165, 1.54) is 18.5 Å². The van der Waals surface area contributed by atoms with Crippen LogP contribution < -0.4 is 5.32 Å². The van der Waals surface area contributed by atoms with Crippen LogP contribution in [0.2, 0.25) is 0 Å².